The zero-order valence-corrected chi connectivity index (χ0v) is 16.5. The minimum atomic E-state index is -0.686. The Hall–Kier alpha value is -2.92. The molecule has 1 saturated heterocycles. The van der Waals surface area contributed by atoms with Crippen LogP contribution in [0.3, 0.4) is 0 Å². The average Bonchev–Trinajstić information content (AvgIpc) is 2.71. The summed E-state index contributed by atoms with van der Waals surface area (Å²) in [5, 5.41) is 0. The summed E-state index contributed by atoms with van der Waals surface area (Å²) in [7, 11) is 3.54. The van der Waals surface area contributed by atoms with Gasteiger partial charge in [0.05, 0.1) is 19.2 Å². The van der Waals surface area contributed by atoms with Crippen molar-refractivity contribution in [2.45, 2.75) is 19.0 Å². The molecular formula is C23H26N2O3. The lowest BCUT2D eigenvalue weighted by Gasteiger charge is -2.42. The highest BCUT2D eigenvalue weighted by Crippen LogP contribution is 2.27. The van der Waals surface area contributed by atoms with Gasteiger partial charge in [0, 0.05) is 7.05 Å². The Morgan fingerprint density at radius 3 is 2.07 bits per heavy atom. The lowest BCUT2D eigenvalue weighted by atomic mass is 9.92. The van der Waals surface area contributed by atoms with Crippen molar-refractivity contribution < 1.29 is 14.3 Å². The monoisotopic (exact) mass is 378 g/mol. The van der Waals surface area contributed by atoms with Crippen molar-refractivity contribution in [3.63, 3.8) is 0 Å². The van der Waals surface area contributed by atoms with Crippen LogP contribution in [0.5, 0.6) is 0 Å². The van der Waals surface area contributed by atoms with Crippen LogP contribution < -0.4 is 0 Å². The molecule has 0 radical (unpaired) electrons. The third kappa shape index (κ3) is 4.15. The van der Waals surface area contributed by atoms with E-state index in [0.717, 1.165) is 16.7 Å². The van der Waals surface area contributed by atoms with Gasteiger partial charge in [0.15, 0.2) is 0 Å². The molecule has 5 nitrogen and oxygen atoms in total. The molecule has 1 fully saturated rings. The van der Waals surface area contributed by atoms with E-state index in [0.29, 0.717) is 0 Å². The van der Waals surface area contributed by atoms with Crippen LogP contribution in [-0.2, 0) is 14.3 Å². The first-order valence-electron chi connectivity index (χ1n) is 9.48. The molecule has 1 heterocycles. The van der Waals surface area contributed by atoms with Gasteiger partial charge in [-0.15, -0.1) is 0 Å². The first-order valence-corrected chi connectivity index (χ1v) is 9.48. The average molecular weight is 378 g/mol. The van der Waals surface area contributed by atoms with E-state index in [1.165, 1.54) is 4.90 Å². The maximum absolute atomic E-state index is 12.7. The van der Waals surface area contributed by atoms with Crippen molar-refractivity contribution in [3.8, 4) is 0 Å². The van der Waals surface area contributed by atoms with E-state index in [2.05, 4.69) is 30.3 Å². The number of amides is 1. The van der Waals surface area contributed by atoms with Gasteiger partial charge in [-0.05, 0) is 30.7 Å². The highest BCUT2D eigenvalue weighted by atomic mass is 16.5. The molecule has 1 aliphatic heterocycles. The molecule has 28 heavy (non-hydrogen) atoms. The molecule has 2 atom stereocenters. The van der Waals surface area contributed by atoms with Gasteiger partial charge in [0.1, 0.15) is 6.04 Å². The molecule has 5 heteroatoms. The third-order valence-electron chi connectivity index (χ3n) is 5.06. The number of esters is 1. The molecular weight excluding hydrogens is 352 g/mol. The summed E-state index contributed by atoms with van der Waals surface area (Å²) >= 11 is 0. The van der Waals surface area contributed by atoms with E-state index in [1.807, 2.05) is 48.3 Å². The molecule has 0 N–H and O–H groups in total. The second-order valence-electron chi connectivity index (χ2n) is 6.92. The Kier molecular flexibility index (Phi) is 6.26. The zero-order chi connectivity index (χ0) is 20.1. The van der Waals surface area contributed by atoms with Crippen molar-refractivity contribution in [3.05, 3.63) is 77.9 Å². The number of carbonyl (C=O) groups is 2. The largest absolute Gasteiger partial charge is 0.464 e. The van der Waals surface area contributed by atoms with Gasteiger partial charge < -0.3 is 9.64 Å². The Bertz CT molecular complexity index is 807. The van der Waals surface area contributed by atoms with E-state index >= 15 is 0 Å². The van der Waals surface area contributed by atoms with Gasteiger partial charge in [0.25, 0.3) is 0 Å². The van der Waals surface area contributed by atoms with Crippen LogP contribution in [0.1, 0.15) is 18.1 Å². The van der Waals surface area contributed by atoms with Crippen LogP contribution in [-0.4, -0.2) is 61.0 Å². The fourth-order valence-corrected chi connectivity index (χ4v) is 3.56. The Morgan fingerprint density at radius 1 is 1.04 bits per heavy atom. The molecule has 0 saturated carbocycles. The fourth-order valence-electron chi connectivity index (χ4n) is 3.56. The van der Waals surface area contributed by atoms with Crippen LogP contribution >= 0.6 is 0 Å². The van der Waals surface area contributed by atoms with Crippen LogP contribution in [0.2, 0.25) is 0 Å². The lowest BCUT2D eigenvalue weighted by molar-refractivity contribution is -0.160. The smallest absolute Gasteiger partial charge is 0.330 e. The van der Waals surface area contributed by atoms with Crippen LogP contribution in [0.4, 0.5) is 0 Å². The second kappa shape index (κ2) is 8.85. The van der Waals surface area contributed by atoms with Gasteiger partial charge in [-0.1, -0.05) is 66.7 Å². The summed E-state index contributed by atoms with van der Waals surface area (Å²) in [6, 6.07) is 19.2. The number of benzene rings is 2. The van der Waals surface area contributed by atoms with Gasteiger partial charge in [-0.2, -0.15) is 0 Å². The van der Waals surface area contributed by atoms with Gasteiger partial charge in [-0.25, -0.2) is 4.79 Å². The summed E-state index contributed by atoms with van der Waals surface area (Å²) < 4.78 is 5.28. The molecule has 2 aromatic carbocycles. The number of rotatable bonds is 5. The maximum Gasteiger partial charge on any atom is 0.330 e. The fraction of sp³-hybridized carbons (Fsp3) is 0.304. The standard InChI is InChI=1S/C23H26N2O3/c1-4-28-23(27)22-20(24(2)16-21(26)25(22)3)15-19(17-11-7-5-8-12-17)18-13-9-6-10-14-18/h5-15,20,22H,4,16H2,1-3H3/t20-,22?/m0/s1. The quantitative estimate of drug-likeness (QED) is 0.751. The molecule has 0 spiro atoms. The number of carbonyl (C=O) groups excluding carboxylic acids is 2. The number of likely N-dealkylation sites (N-methyl/N-ethyl adjacent to an activating group) is 2. The maximum atomic E-state index is 12.7. The number of nitrogens with zero attached hydrogens (tertiary/aromatic N) is 2. The predicted octanol–water partition coefficient (Wildman–Crippen LogP) is 2.82. The second-order valence-corrected chi connectivity index (χ2v) is 6.92. The summed E-state index contributed by atoms with van der Waals surface area (Å²) in [5.41, 5.74) is 3.14. The molecule has 146 valence electrons. The van der Waals surface area contributed by atoms with E-state index in [-0.39, 0.29) is 31.1 Å². The molecule has 0 bridgehead atoms. The summed E-state index contributed by atoms with van der Waals surface area (Å²) in [6.45, 7) is 2.31. The van der Waals surface area contributed by atoms with Crippen molar-refractivity contribution in [2.75, 3.05) is 27.2 Å². The minimum Gasteiger partial charge on any atom is -0.464 e. The van der Waals surface area contributed by atoms with Gasteiger partial charge >= 0.3 is 5.97 Å². The third-order valence-corrected chi connectivity index (χ3v) is 5.06. The topological polar surface area (TPSA) is 49.9 Å². The minimum absolute atomic E-state index is 0.0915. The molecule has 2 aromatic rings. The first kappa shape index (κ1) is 19.8. The molecule has 0 aliphatic carbocycles. The van der Waals surface area contributed by atoms with Crippen LogP contribution in [0.25, 0.3) is 5.57 Å². The molecule has 1 unspecified atom stereocenters. The zero-order valence-electron chi connectivity index (χ0n) is 16.5. The van der Waals surface area contributed by atoms with Crippen molar-refractivity contribution in [1.82, 2.24) is 9.80 Å². The normalized spacial score (nSPS) is 20.0. The molecule has 3 rings (SSSR count). The van der Waals surface area contributed by atoms with Gasteiger partial charge in [-0.3, -0.25) is 9.69 Å². The van der Waals surface area contributed by atoms with E-state index < -0.39 is 6.04 Å². The van der Waals surface area contributed by atoms with E-state index in [1.54, 1.807) is 14.0 Å². The van der Waals surface area contributed by atoms with Crippen LogP contribution in [0, 0.1) is 0 Å². The highest BCUT2D eigenvalue weighted by Gasteiger charge is 2.41. The number of hydrogen-bond donors (Lipinski definition) is 0. The predicted molar refractivity (Wildman–Crippen MR) is 110 cm³/mol. The molecule has 1 aliphatic rings. The number of hydrogen-bond acceptors (Lipinski definition) is 4. The lowest BCUT2D eigenvalue weighted by Crippen LogP contribution is -2.62. The van der Waals surface area contributed by atoms with Crippen LogP contribution in [0.15, 0.2) is 66.7 Å². The van der Waals surface area contributed by atoms with E-state index in [4.69, 9.17) is 4.74 Å². The SMILES string of the molecule is CCOC(=O)C1[C@H](C=C(c2ccccc2)c2ccccc2)N(C)CC(=O)N1C. The molecule has 0 aromatic heterocycles. The van der Waals surface area contributed by atoms with Gasteiger partial charge in [0.2, 0.25) is 5.91 Å². The Balaban J connectivity index is 2.10. The Labute approximate surface area is 166 Å². The molecule has 1 amide bonds. The Morgan fingerprint density at radius 2 is 1.57 bits per heavy atom. The van der Waals surface area contributed by atoms with Crippen molar-refractivity contribution >= 4 is 17.4 Å². The van der Waals surface area contributed by atoms with E-state index in [9.17, 15) is 9.59 Å². The van der Waals surface area contributed by atoms with Crippen molar-refractivity contribution in [2.24, 2.45) is 0 Å². The summed E-state index contributed by atoms with van der Waals surface area (Å²) in [5.74, 6) is -0.474. The van der Waals surface area contributed by atoms with Crippen molar-refractivity contribution in [1.29, 1.82) is 0 Å². The summed E-state index contributed by atoms with van der Waals surface area (Å²) in [4.78, 5) is 28.5. The number of ether oxygens (including phenoxy) is 1. The number of piperazine rings is 1. The summed E-state index contributed by atoms with van der Waals surface area (Å²) in [6.07, 6.45) is 2.08. The highest BCUT2D eigenvalue weighted by molar-refractivity contribution is 5.89. The first-order chi connectivity index (χ1) is 13.5.